The summed E-state index contributed by atoms with van der Waals surface area (Å²) in [5.41, 5.74) is 5.43. The van der Waals surface area contributed by atoms with Crippen molar-refractivity contribution in [3.63, 3.8) is 0 Å². The Morgan fingerprint density at radius 3 is 2.50 bits per heavy atom. The number of fused-ring (bicyclic) bond motifs is 1. The zero-order valence-electron chi connectivity index (χ0n) is 17.5. The minimum absolute atomic E-state index is 0.0943. The van der Waals surface area contributed by atoms with Crippen LogP contribution >= 0.6 is 11.3 Å². The monoisotopic (exact) mass is 417 g/mol. The van der Waals surface area contributed by atoms with Crippen molar-refractivity contribution >= 4 is 32.6 Å². The van der Waals surface area contributed by atoms with Crippen LogP contribution in [0.5, 0.6) is 5.75 Å². The van der Waals surface area contributed by atoms with Crippen molar-refractivity contribution in [3.05, 3.63) is 82.7 Å². The van der Waals surface area contributed by atoms with Gasteiger partial charge >= 0.3 is 0 Å². The van der Waals surface area contributed by atoms with Crippen molar-refractivity contribution < 1.29 is 9.53 Å². The van der Waals surface area contributed by atoms with E-state index in [0.717, 1.165) is 32.6 Å². The fourth-order valence-corrected chi connectivity index (χ4v) is 4.56. The molecule has 4 aromatic rings. The van der Waals surface area contributed by atoms with Gasteiger partial charge in [0.1, 0.15) is 11.3 Å². The first-order valence-electron chi connectivity index (χ1n) is 9.70. The van der Waals surface area contributed by atoms with Crippen LogP contribution in [0.2, 0.25) is 0 Å². The van der Waals surface area contributed by atoms with E-state index in [9.17, 15) is 4.79 Å². The number of anilines is 1. The van der Waals surface area contributed by atoms with Gasteiger partial charge in [-0.05, 0) is 56.7 Å². The first-order valence-corrected chi connectivity index (χ1v) is 10.5. The lowest BCUT2D eigenvalue weighted by atomic mass is 10.1. The van der Waals surface area contributed by atoms with Crippen LogP contribution in [0.3, 0.4) is 0 Å². The average Bonchev–Trinajstić information content (AvgIpc) is 3.18. The molecule has 0 N–H and O–H groups in total. The van der Waals surface area contributed by atoms with E-state index in [1.54, 1.807) is 18.2 Å². The van der Waals surface area contributed by atoms with Crippen LogP contribution in [0.4, 0.5) is 5.13 Å². The van der Waals surface area contributed by atoms with E-state index in [-0.39, 0.29) is 5.91 Å². The van der Waals surface area contributed by atoms with E-state index < -0.39 is 0 Å². The SMILES string of the molecule is COc1ccc(C)c2sc(N(Cc3ccccn3)C(=O)c3cc(C)cc(C)c3)nc12. The van der Waals surface area contributed by atoms with Crippen molar-refractivity contribution in [1.82, 2.24) is 9.97 Å². The predicted molar refractivity (Wildman–Crippen MR) is 122 cm³/mol. The molecular weight excluding hydrogens is 394 g/mol. The van der Waals surface area contributed by atoms with Gasteiger partial charge in [0.15, 0.2) is 5.13 Å². The number of carbonyl (C=O) groups is 1. The molecule has 0 aliphatic rings. The van der Waals surface area contributed by atoms with Gasteiger partial charge in [0.2, 0.25) is 0 Å². The van der Waals surface area contributed by atoms with Gasteiger partial charge in [0.05, 0.1) is 24.0 Å². The molecule has 30 heavy (non-hydrogen) atoms. The largest absolute Gasteiger partial charge is 0.494 e. The number of methoxy groups -OCH3 is 1. The maximum absolute atomic E-state index is 13.6. The van der Waals surface area contributed by atoms with Crippen LogP contribution in [0.25, 0.3) is 10.2 Å². The topological polar surface area (TPSA) is 55.3 Å². The van der Waals surface area contributed by atoms with Gasteiger partial charge in [-0.3, -0.25) is 14.7 Å². The second kappa shape index (κ2) is 8.24. The number of aryl methyl sites for hydroxylation is 3. The highest BCUT2D eigenvalue weighted by molar-refractivity contribution is 7.22. The number of aromatic nitrogens is 2. The van der Waals surface area contributed by atoms with Crippen LogP contribution in [0.15, 0.2) is 54.7 Å². The lowest BCUT2D eigenvalue weighted by Gasteiger charge is -2.20. The molecule has 152 valence electrons. The fraction of sp³-hybridized carbons (Fsp3) is 0.208. The van der Waals surface area contributed by atoms with Gasteiger partial charge in [0.25, 0.3) is 5.91 Å². The van der Waals surface area contributed by atoms with Crippen LogP contribution < -0.4 is 9.64 Å². The van der Waals surface area contributed by atoms with E-state index >= 15 is 0 Å². The summed E-state index contributed by atoms with van der Waals surface area (Å²) >= 11 is 1.50. The number of amides is 1. The number of hydrogen-bond acceptors (Lipinski definition) is 5. The van der Waals surface area contributed by atoms with Crippen LogP contribution in [0, 0.1) is 20.8 Å². The summed E-state index contributed by atoms with van der Waals surface area (Å²) in [7, 11) is 1.63. The highest BCUT2D eigenvalue weighted by atomic mass is 32.1. The number of carbonyl (C=O) groups excluding carboxylic acids is 1. The average molecular weight is 418 g/mol. The van der Waals surface area contributed by atoms with Crippen LogP contribution in [-0.2, 0) is 6.54 Å². The third-order valence-electron chi connectivity index (χ3n) is 4.90. The standard InChI is InChI=1S/C24H23N3O2S/c1-15-11-16(2)13-18(12-15)23(28)27(14-19-7-5-6-10-25-19)24-26-21-20(29-4)9-8-17(3)22(21)30-24/h5-13H,14H2,1-4H3. The molecule has 0 aliphatic heterocycles. The molecular formula is C24H23N3O2S. The summed E-state index contributed by atoms with van der Waals surface area (Å²) in [6.07, 6.45) is 1.74. The highest BCUT2D eigenvalue weighted by Crippen LogP contribution is 2.37. The van der Waals surface area contributed by atoms with E-state index in [1.165, 1.54) is 11.3 Å². The summed E-state index contributed by atoms with van der Waals surface area (Å²) in [6.45, 7) is 6.38. The molecule has 0 bridgehead atoms. The summed E-state index contributed by atoms with van der Waals surface area (Å²) in [4.78, 5) is 24.5. The van der Waals surface area contributed by atoms with E-state index in [0.29, 0.717) is 23.0 Å². The summed E-state index contributed by atoms with van der Waals surface area (Å²) in [5, 5.41) is 0.632. The molecule has 0 saturated heterocycles. The molecule has 0 fully saturated rings. The van der Waals surface area contributed by atoms with Crippen molar-refractivity contribution in [3.8, 4) is 5.75 Å². The molecule has 0 unspecified atom stereocenters. The number of pyridine rings is 1. The maximum Gasteiger partial charge on any atom is 0.260 e. The van der Waals surface area contributed by atoms with E-state index in [4.69, 9.17) is 9.72 Å². The van der Waals surface area contributed by atoms with Gasteiger partial charge in [-0.25, -0.2) is 4.98 Å². The molecule has 4 rings (SSSR count). The fourth-order valence-electron chi connectivity index (χ4n) is 3.51. The third-order valence-corrected chi connectivity index (χ3v) is 6.12. The lowest BCUT2D eigenvalue weighted by Crippen LogP contribution is -2.30. The number of nitrogens with zero attached hydrogens (tertiary/aromatic N) is 3. The Bertz CT molecular complexity index is 1200. The molecule has 1 amide bonds. The number of hydrogen-bond donors (Lipinski definition) is 0. The zero-order valence-corrected chi connectivity index (χ0v) is 18.3. The normalized spacial score (nSPS) is 10.9. The van der Waals surface area contributed by atoms with Crippen LogP contribution in [0.1, 0.15) is 32.7 Å². The molecule has 2 heterocycles. The van der Waals surface area contributed by atoms with Crippen molar-refractivity contribution in [2.75, 3.05) is 12.0 Å². The highest BCUT2D eigenvalue weighted by Gasteiger charge is 2.24. The van der Waals surface area contributed by atoms with Crippen molar-refractivity contribution in [2.45, 2.75) is 27.3 Å². The molecule has 2 aromatic heterocycles. The van der Waals surface area contributed by atoms with Gasteiger partial charge in [-0.1, -0.05) is 40.7 Å². The number of benzene rings is 2. The van der Waals surface area contributed by atoms with Crippen molar-refractivity contribution in [2.24, 2.45) is 0 Å². The van der Waals surface area contributed by atoms with E-state index in [1.807, 2.05) is 63.2 Å². The quantitative estimate of drug-likeness (QED) is 0.432. The second-order valence-corrected chi connectivity index (χ2v) is 8.33. The predicted octanol–water partition coefficient (Wildman–Crippen LogP) is 5.47. The minimum atomic E-state index is -0.0943. The summed E-state index contributed by atoms with van der Waals surface area (Å²) < 4.78 is 6.52. The third kappa shape index (κ3) is 3.91. The number of thiazole rings is 1. The molecule has 0 aliphatic carbocycles. The Morgan fingerprint density at radius 2 is 1.83 bits per heavy atom. The van der Waals surface area contributed by atoms with Gasteiger partial charge in [-0.15, -0.1) is 0 Å². The van der Waals surface area contributed by atoms with E-state index in [2.05, 4.69) is 11.1 Å². The Kier molecular flexibility index (Phi) is 5.50. The molecule has 0 atom stereocenters. The van der Waals surface area contributed by atoms with Gasteiger partial charge in [0, 0.05) is 11.8 Å². The minimum Gasteiger partial charge on any atom is -0.494 e. The smallest absolute Gasteiger partial charge is 0.260 e. The van der Waals surface area contributed by atoms with Gasteiger partial charge in [-0.2, -0.15) is 0 Å². The summed E-state index contributed by atoms with van der Waals surface area (Å²) in [6, 6.07) is 15.5. The Morgan fingerprint density at radius 1 is 1.07 bits per heavy atom. The lowest BCUT2D eigenvalue weighted by molar-refractivity contribution is 0.0984. The molecule has 2 aromatic carbocycles. The number of rotatable bonds is 5. The van der Waals surface area contributed by atoms with Gasteiger partial charge < -0.3 is 4.74 Å². The number of ether oxygens (including phenoxy) is 1. The Hall–Kier alpha value is -3.25. The first-order chi connectivity index (χ1) is 14.5. The van der Waals surface area contributed by atoms with Crippen LogP contribution in [-0.4, -0.2) is 23.0 Å². The molecule has 6 heteroatoms. The zero-order chi connectivity index (χ0) is 21.3. The Balaban J connectivity index is 1.84. The van der Waals surface area contributed by atoms with Crippen molar-refractivity contribution in [1.29, 1.82) is 0 Å². The Labute approximate surface area is 180 Å². The maximum atomic E-state index is 13.6. The molecule has 0 saturated carbocycles. The summed E-state index contributed by atoms with van der Waals surface area (Å²) in [5.74, 6) is 0.609. The second-order valence-electron chi connectivity index (χ2n) is 7.35. The first kappa shape index (κ1) is 20.0. The molecule has 5 nitrogen and oxygen atoms in total. The molecule has 0 radical (unpaired) electrons. The molecule has 0 spiro atoms.